The number of nitrogen functional groups attached to an aromatic ring is 1. The summed E-state index contributed by atoms with van der Waals surface area (Å²) >= 11 is 2.06. The van der Waals surface area contributed by atoms with Gasteiger partial charge in [-0.25, -0.2) is 0 Å². The van der Waals surface area contributed by atoms with Crippen molar-refractivity contribution in [3.8, 4) is 5.88 Å². The molecule has 2 rings (SSSR count). The summed E-state index contributed by atoms with van der Waals surface area (Å²) in [6.07, 6.45) is 4.69. The van der Waals surface area contributed by atoms with E-state index in [1.165, 1.54) is 25.0 Å². The largest absolute Gasteiger partial charge is 0.476 e. The molecule has 1 fully saturated rings. The SMILES string of the molecule is CCCOc1nc(NC2CCC(SCC)C2)ccc1N. The van der Waals surface area contributed by atoms with E-state index in [9.17, 15) is 0 Å². The molecule has 0 radical (unpaired) electrons. The third-order valence-corrected chi connectivity index (χ3v) is 4.70. The molecule has 1 aromatic rings. The smallest absolute Gasteiger partial charge is 0.239 e. The predicted molar refractivity (Wildman–Crippen MR) is 87.6 cm³/mol. The van der Waals surface area contributed by atoms with E-state index in [0.717, 1.165) is 17.5 Å². The van der Waals surface area contributed by atoms with E-state index in [4.69, 9.17) is 10.5 Å². The Bertz CT molecular complexity index is 428. The molecular weight excluding hydrogens is 270 g/mol. The highest BCUT2D eigenvalue weighted by atomic mass is 32.2. The number of thioether (sulfide) groups is 1. The Morgan fingerprint density at radius 2 is 2.25 bits per heavy atom. The minimum Gasteiger partial charge on any atom is -0.476 e. The Balaban J connectivity index is 1.92. The van der Waals surface area contributed by atoms with Crippen LogP contribution in [0.4, 0.5) is 11.5 Å². The zero-order valence-electron chi connectivity index (χ0n) is 12.4. The van der Waals surface area contributed by atoms with Crippen molar-refractivity contribution >= 4 is 23.3 Å². The first-order valence-corrected chi connectivity index (χ1v) is 8.55. The van der Waals surface area contributed by atoms with E-state index in [2.05, 4.69) is 35.9 Å². The van der Waals surface area contributed by atoms with Crippen molar-refractivity contribution in [2.24, 2.45) is 0 Å². The van der Waals surface area contributed by atoms with Crippen molar-refractivity contribution in [3.05, 3.63) is 12.1 Å². The Labute approximate surface area is 125 Å². The number of nitrogens with zero attached hydrogens (tertiary/aromatic N) is 1. The van der Waals surface area contributed by atoms with Crippen molar-refractivity contribution in [2.45, 2.75) is 50.8 Å². The number of ether oxygens (including phenoxy) is 1. The van der Waals surface area contributed by atoms with Gasteiger partial charge in [-0.3, -0.25) is 0 Å². The monoisotopic (exact) mass is 295 g/mol. The van der Waals surface area contributed by atoms with Crippen LogP contribution in [0.1, 0.15) is 39.5 Å². The minimum atomic E-state index is 0.522. The van der Waals surface area contributed by atoms with Gasteiger partial charge in [0, 0.05) is 11.3 Å². The van der Waals surface area contributed by atoms with E-state index in [0.29, 0.717) is 24.2 Å². The first-order chi connectivity index (χ1) is 9.72. The third kappa shape index (κ3) is 4.20. The Kier molecular flexibility index (Phi) is 5.83. The van der Waals surface area contributed by atoms with Crippen molar-refractivity contribution in [1.82, 2.24) is 4.98 Å². The van der Waals surface area contributed by atoms with Crippen LogP contribution in [0.25, 0.3) is 0 Å². The van der Waals surface area contributed by atoms with Crippen LogP contribution in [-0.2, 0) is 0 Å². The van der Waals surface area contributed by atoms with Gasteiger partial charge in [-0.15, -0.1) is 0 Å². The number of anilines is 2. The number of pyridine rings is 1. The summed E-state index contributed by atoms with van der Waals surface area (Å²) in [5, 5.41) is 4.31. The Morgan fingerprint density at radius 1 is 1.40 bits per heavy atom. The van der Waals surface area contributed by atoms with Crippen LogP contribution in [-0.4, -0.2) is 28.6 Å². The van der Waals surface area contributed by atoms with Gasteiger partial charge in [0.15, 0.2) is 0 Å². The van der Waals surface area contributed by atoms with Gasteiger partial charge in [0.05, 0.1) is 12.3 Å². The van der Waals surface area contributed by atoms with E-state index in [1.807, 2.05) is 12.1 Å². The van der Waals surface area contributed by atoms with Crippen LogP contribution in [0.5, 0.6) is 5.88 Å². The van der Waals surface area contributed by atoms with Gasteiger partial charge in [0.25, 0.3) is 0 Å². The lowest BCUT2D eigenvalue weighted by Crippen LogP contribution is -2.17. The fourth-order valence-corrected chi connectivity index (χ4v) is 3.66. The van der Waals surface area contributed by atoms with Crippen LogP contribution in [0.2, 0.25) is 0 Å². The molecule has 1 aromatic heterocycles. The van der Waals surface area contributed by atoms with E-state index in [1.54, 1.807) is 0 Å². The molecule has 5 heteroatoms. The van der Waals surface area contributed by atoms with Gasteiger partial charge in [-0.1, -0.05) is 13.8 Å². The highest BCUT2D eigenvalue weighted by Crippen LogP contribution is 2.32. The molecule has 4 nitrogen and oxygen atoms in total. The van der Waals surface area contributed by atoms with Crippen LogP contribution in [0.15, 0.2) is 12.1 Å². The van der Waals surface area contributed by atoms with Crippen LogP contribution in [0.3, 0.4) is 0 Å². The van der Waals surface area contributed by atoms with Gasteiger partial charge < -0.3 is 15.8 Å². The van der Waals surface area contributed by atoms with Gasteiger partial charge in [-0.2, -0.15) is 16.7 Å². The van der Waals surface area contributed by atoms with E-state index < -0.39 is 0 Å². The van der Waals surface area contributed by atoms with Gasteiger partial charge in [-0.05, 0) is 43.6 Å². The number of hydrogen-bond donors (Lipinski definition) is 2. The quantitative estimate of drug-likeness (QED) is 0.805. The molecule has 0 amide bonds. The Hall–Kier alpha value is -1.10. The van der Waals surface area contributed by atoms with Crippen LogP contribution in [0, 0.1) is 0 Å². The molecule has 1 aliphatic carbocycles. The van der Waals surface area contributed by atoms with Crippen molar-refractivity contribution in [3.63, 3.8) is 0 Å². The maximum Gasteiger partial charge on any atom is 0.239 e. The topological polar surface area (TPSA) is 60.2 Å². The summed E-state index contributed by atoms with van der Waals surface area (Å²) in [7, 11) is 0. The van der Waals surface area contributed by atoms with Crippen molar-refractivity contribution in [2.75, 3.05) is 23.4 Å². The zero-order valence-corrected chi connectivity index (χ0v) is 13.2. The molecule has 1 heterocycles. The molecule has 0 aromatic carbocycles. The lowest BCUT2D eigenvalue weighted by atomic mass is 10.2. The molecule has 1 aliphatic rings. The molecule has 3 N–H and O–H groups in total. The number of hydrogen-bond acceptors (Lipinski definition) is 5. The summed E-state index contributed by atoms with van der Waals surface area (Å²) in [4.78, 5) is 4.48. The number of nitrogens with two attached hydrogens (primary N) is 1. The van der Waals surface area contributed by atoms with Gasteiger partial charge >= 0.3 is 0 Å². The molecular formula is C15H25N3OS. The van der Waals surface area contributed by atoms with Crippen LogP contribution >= 0.6 is 11.8 Å². The molecule has 0 spiro atoms. The fourth-order valence-electron chi connectivity index (χ4n) is 2.51. The lowest BCUT2D eigenvalue weighted by molar-refractivity contribution is 0.307. The zero-order chi connectivity index (χ0) is 14.4. The van der Waals surface area contributed by atoms with Crippen LogP contribution < -0.4 is 15.8 Å². The second kappa shape index (κ2) is 7.62. The highest BCUT2D eigenvalue weighted by Gasteiger charge is 2.24. The maximum atomic E-state index is 5.88. The third-order valence-electron chi connectivity index (χ3n) is 3.47. The molecule has 2 unspecified atom stereocenters. The van der Waals surface area contributed by atoms with E-state index >= 15 is 0 Å². The van der Waals surface area contributed by atoms with E-state index in [-0.39, 0.29) is 0 Å². The average Bonchev–Trinajstić information content (AvgIpc) is 2.87. The average molecular weight is 295 g/mol. The molecule has 2 atom stereocenters. The molecule has 0 saturated heterocycles. The standard InChI is InChI=1S/C15H25N3OS/c1-3-9-19-15-13(16)7-8-14(18-15)17-11-5-6-12(10-11)20-4-2/h7-8,11-12H,3-6,9-10,16H2,1-2H3,(H,17,18). The normalized spacial score (nSPS) is 21.9. The van der Waals surface area contributed by atoms with Crippen molar-refractivity contribution in [1.29, 1.82) is 0 Å². The summed E-state index contributed by atoms with van der Waals surface area (Å²) in [5.74, 6) is 2.62. The highest BCUT2D eigenvalue weighted by molar-refractivity contribution is 7.99. The first-order valence-electron chi connectivity index (χ1n) is 7.50. The van der Waals surface area contributed by atoms with Crippen molar-refractivity contribution < 1.29 is 4.74 Å². The second-order valence-electron chi connectivity index (χ2n) is 5.17. The molecule has 20 heavy (non-hydrogen) atoms. The first kappa shape index (κ1) is 15.3. The number of nitrogens with one attached hydrogen (secondary N) is 1. The summed E-state index contributed by atoms with van der Waals surface area (Å²) < 4.78 is 5.57. The minimum absolute atomic E-state index is 0.522. The maximum absolute atomic E-state index is 5.88. The second-order valence-corrected chi connectivity index (χ2v) is 6.75. The van der Waals surface area contributed by atoms with Gasteiger partial charge in [0.2, 0.25) is 5.88 Å². The molecule has 1 saturated carbocycles. The fraction of sp³-hybridized carbons (Fsp3) is 0.667. The number of rotatable bonds is 7. The molecule has 112 valence electrons. The summed E-state index contributed by atoms with van der Waals surface area (Å²) in [6, 6.07) is 4.33. The van der Waals surface area contributed by atoms with Gasteiger partial charge in [0.1, 0.15) is 5.82 Å². The summed E-state index contributed by atoms with van der Waals surface area (Å²) in [5.41, 5.74) is 6.49. The molecule has 0 aliphatic heterocycles. The lowest BCUT2D eigenvalue weighted by Gasteiger charge is -2.15. The summed E-state index contributed by atoms with van der Waals surface area (Å²) in [6.45, 7) is 4.95. The predicted octanol–water partition coefficient (Wildman–Crippen LogP) is 3.54. The Morgan fingerprint density at radius 3 is 3.00 bits per heavy atom. The number of aromatic nitrogens is 1. The molecule has 0 bridgehead atoms.